The first-order valence-electron chi connectivity index (χ1n) is 16.2. The second kappa shape index (κ2) is 11.2. The minimum absolute atomic E-state index is 0.0191. The van der Waals surface area contributed by atoms with Crippen molar-refractivity contribution in [3.63, 3.8) is 0 Å². The third kappa shape index (κ3) is 4.93. The first-order valence-corrected chi connectivity index (χ1v) is 16.2. The molecule has 5 aliphatic rings. The van der Waals surface area contributed by atoms with E-state index >= 15 is 8.78 Å². The van der Waals surface area contributed by atoms with Gasteiger partial charge in [-0.25, -0.2) is 0 Å². The molecule has 4 nitrogen and oxygen atoms in total. The summed E-state index contributed by atoms with van der Waals surface area (Å²) in [4.78, 5) is 26.7. The fourth-order valence-corrected chi connectivity index (χ4v) is 9.53. The molecule has 10 heteroatoms. The first kappa shape index (κ1) is 31.6. The summed E-state index contributed by atoms with van der Waals surface area (Å²) in [6.45, 7) is 5.72. The number of hydrogen-bond acceptors (Lipinski definition) is 4. The average Bonchev–Trinajstić information content (AvgIpc) is 3.27. The lowest BCUT2D eigenvalue weighted by Crippen LogP contribution is -2.65. The van der Waals surface area contributed by atoms with E-state index in [9.17, 15) is 27.9 Å². The molecule has 2 saturated carbocycles. The van der Waals surface area contributed by atoms with Gasteiger partial charge in [0.1, 0.15) is 5.60 Å². The fraction of sp³-hybridized carbons (Fsp3) is 0.647. The predicted octanol–water partition coefficient (Wildman–Crippen LogP) is 6.74. The molecule has 1 aromatic rings. The smallest absolute Gasteiger partial charge is 0.383 e. The molecule has 0 spiro atoms. The Bertz CT molecular complexity index is 1380. The monoisotopic (exact) mass is 617 g/mol. The van der Waals surface area contributed by atoms with Gasteiger partial charge in [-0.2, -0.15) is 22.0 Å². The number of carbonyl (C=O) groups excluding carboxylic acids is 2. The van der Waals surface area contributed by atoms with E-state index in [4.69, 9.17) is 0 Å². The molecule has 6 rings (SSSR count). The molecule has 1 aromatic carbocycles. The van der Waals surface area contributed by atoms with Gasteiger partial charge in [0.2, 0.25) is 7.28 Å². The lowest BCUT2D eigenvalue weighted by atomic mass is 9.50. The number of halogens is 5. The molecule has 3 fully saturated rings. The van der Waals surface area contributed by atoms with Gasteiger partial charge in [0.25, 0.3) is 0 Å². The lowest BCUT2D eigenvalue weighted by Gasteiger charge is -2.56. The summed E-state index contributed by atoms with van der Waals surface area (Å²) < 4.78 is 71.8. The highest BCUT2D eigenvalue weighted by molar-refractivity contribution is 6.73. The van der Waals surface area contributed by atoms with E-state index in [-0.39, 0.29) is 30.5 Å². The summed E-state index contributed by atoms with van der Waals surface area (Å²) in [6.07, 6.45) is -0.946. The van der Waals surface area contributed by atoms with Gasteiger partial charge in [-0.05, 0) is 105 Å². The van der Waals surface area contributed by atoms with E-state index in [0.29, 0.717) is 45.2 Å². The van der Waals surface area contributed by atoms with Crippen molar-refractivity contribution in [3.8, 4) is 0 Å². The molecule has 5 atom stereocenters. The Hall–Kier alpha value is -2.33. The van der Waals surface area contributed by atoms with E-state index in [0.717, 1.165) is 53.8 Å². The molecule has 1 N–H and O–H groups in total. The highest BCUT2D eigenvalue weighted by Crippen LogP contribution is 2.70. The Morgan fingerprint density at radius 2 is 1.70 bits per heavy atom. The number of fused-ring (bicyclic) bond motifs is 4. The van der Waals surface area contributed by atoms with Crippen LogP contribution in [-0.4, -0.2) is 59.5 Å². The molecule has 0 aromatic heterocycles. The molecule has 1 heterocycles. The maximum Gasteiger partial charge on any atom is 0.456 e. The molecule has 44 heavy (non-hydrogen) atoms. The van der Waals surface area contributed by atoms with Gasteiger partial charge < -0.3 is 9.90 Å². The number of likely N-dealkylation sites (tertiary alicyclic amines) is 1. The van der Waals surface area contributed by atoms with Crippen molar-refractivity contribution in [2.45, 2.75) is 102 Å². The fourth-order valence-electron chi connectivity index (χ4n) is 9.53. The van der Waals surface area contributed by atoms with Crippen molar-refractivity contribution in [2.75, 3.05) is 13.1 Å². The number of allylic oxidation sites excluding steroid dienone is 4. The van der Waals surface area contributed by atoms with Crippen LogP contribution >= 0.6 is 0 Å². The zero-order valence-corrected chi connectivity index (χ0v) is 25.5. The van der Waals surface area contributed by atoms with Crippen molar-refractivity contribution in [3.05, 3.63) is 58.2 Å². The summed E-state index contributed by atoms with van der Waals surface area (Å²) in [7, 11) is 0.560. The van der Waals surface area contributed by atoms with Crippen LogP contribution < -0.4 is 0 Å². The van der Waals surface area contributed by atoms with E-state index in [2.05, 4.69) is 4.90 Å². The van der Waals surface area contributed by atoms with Crippen LogP contribution in [0.1, 0.15) is 81.8 Å². The second-order valence-corrected chi connectivity index (χ2v) is 14.1. The minimum atomic E-state index is -5.86. The first-order chi connectivity index (χ1) is 20.7. The minimum Gasteiger partial charge on any atom is -0.383 e. The molecule has 0 radical (unpaired) electrons. The molecule has 4 aliphatic carbocycles. The number of ketones is 1. The summed E-state index contributed by atoms with van der Waals surface area (Å²) in [5, 5.41) is 11.5. The van der Waals surface area contributed by atoms with Crippen LogP contribution in [0.15, 0.2) is 47.1 Å². The van der Waals surface area contributed by atoms with Crippen LogP contribution in [0.3, 0.4) is 0 Å². The summed E-state index contributed by atoms with van der Waals surface area (Å²) in [5.74, 6) is -6.24. The Balaban J connectivity index is 1.34. The zero-order valence-electron chi connectivity index (χ0n) is 25.5. The Morgan fingerprint density at radius 3 is 2.34 bits per heavy atom. The van der Waals surface area contributed by atoms with Crippen LogP contribution in [0, 0.1) is 23.2 Å². The summed E-state index contributed by atoms with van der Waals surface area (Å²) in [5.41, 5.74) is 0.476. The maximum absolute atomic E-state index is 15.2. The average molecular weight is 618 g/mol. The Morgan fingerprint density at radius 1 is 1.02 bits per heavy atom. The van der Waals surface area contributed by atoms with Crippen LogP contribution in [-0.2, 0) is 16.1 Å². The van der Waals surface area contributed by atoms with Gasteiger partial charge >= 0.3 is 12.1 Å². The maximum atomic E-state index is 15.2. The van der Waals surface area contributed by atoms with E-state index in [1.165, 1.54) is 6.92 Å². The highest BCUT2D eigenvalue weighted by Gasteiger charge is 2.79. The Kier molecular flexibility index (Phi) is 8.04. The SMILES string of the molecule is CBC(=O)C1CCN(Cc2ccc([C@H]3CC4(C)C(CC[C@@]4(O)C(F)(F)C(F)(F)F)C4CCC5=CC(=O)CCC5=C43)cc2)CC1. The number of aliphatic hydroxyl groups is 1. The number of alkyl halides is 5. The highest BCUT2D eigenvalue weighted by atomic mass is 19.4. The number of piperidine rings is 1. The van der Waals surface area contributed by atoms with E-state index in [1.54, 1.807) is 6.08 Å². The van der Waals surface area contributed by atoms with Crippen LogP contribution in [0.5, 0.6) is 0 Å². The number of benzene rings is 1. The van der Waals surface area contributed by atoms with Gasteiger partial charge in [-0.3, -0.25) is 9.69 Å². The van der Waals surface area contributed by atoms with Crippen molar-refractivity contribution in [2.24, 2.45) is 23.2 Å². The summed E-state index contributed by atoms with van der Waals surface area (Å²) >= 11 is 0. The number of hydrogen-bond donors (Lipinski definition) is 1. The number of rotatable bonds is 6. The van der Waals surface area contributed by atoms with Gasteiger partial charge in [-0.1, -0.05) is 43.6 Å². The van der Waals surface area contributed by atoms with Gasteiger partial charge in [0.05, 0.1) is 5.68 Å². The zero-order chi connectivity index (χ0) is 31.7. The Labute approximate surface area is 256 Å². The molecular weight excluding hydrogens is 576 g/mol. The molecule has 3 unspecified atom stereocenters. The largest absolute Gasteiger partial charge is 0.456 e. The quantitative estimate of drug-likeness (QED) is 0.284. The second-order valence-electron chi connectivity index (χ2n) is 14.1. The number of nitrogens with zero attached hydrogens (tertiary/aromatic N) is 1. The molecule has 0 bridgehead atoms. The topological polar surface area (TPSA) is 57.6 Å². The van der Waals surface area contributed by atoms with E-state index in [1.807, 2.05) is 31.1 Å². The molecular formula is C34H41BF5NO3. The van der Waals surface area contributed by atoms with Crippen molar-refractivity contribution >= 4 is 18.7 Å². The third-order valence-corrected chi connectivity index (χ3v) is 11.9. The van der Waals surface area contributed by atoms with Crippen LogP contribution in [0.2, 0.25) is 6.82 Å². The van der Waals surface area contributed by atoms with Gasteiger partial charge in [0.15, 0.2) is 5.78 Å². The normalized spacial score (nSPS) is 33.4. The van der Waals surface area contributed by atoms with Gasteiger partial charge in [0, 0.05) is 30.2 Å². The van der Waals surface area contributed by atoms with Crippen molar-refractivity contribution < 1.29 is 36.6 Å². The lowest BCUT2D eigenvalue weighted by molar-refractivity contribution is -0.362. The predicted molar refractivity (Wildman–Crippen MR) is 159 cm³/mol. The standard InChI is InChI=1S/C34H41BF5NO3/c1-31-18-27(21-5-3-20(4-6-21)19-41-15-12-22(13-16-41)30(43)35-2)29-25-10-8-24(42)17-23(25)7-9-26(29)28(31)11-14-32(31,44)33(36,37)34(38,39)40/h3-6,17,22,26-28,35,44H,7-16,18-19H2,1-2H3/t26?,27-,28?,31?,32+/m1/s1. The summed E-state index contributed by atoms with van der Waals surface area (Å²) in [6, 6.07) is 7.93. The molecule has 0 amide bonds. The van der Waals surface area contributed by atoms with Crippen molar-refractivity contribution in [1.29, 1.82) is 0 Å². The molecule has 1 aliphatic heterocycles. The van der Waals surface area contributed by atoms with Gasteiger partial charge in [-0.15, -0.1) is 0 Å². The number of carbonyl (C=O) groups is 2. The van der Waals surface area contributed by atoms with Crippen molar-refractivity contribution in [1.82, 2.24) is 4.90 Å². The van der Waals surface area contributed by atoms with Crippen LogP contribution in [0.4, 0.5) is 22.0 Å². The molecule has 1 saturated heterocycles. The van der Waals surface area contributed by atoms with E-state index < -0.39 is 41.4 Å². The molecule has 238 valence electrons. The van der Waals surface area contributed by atoms with Crippen LogP contribution in [0.25, 0.3) is 0 Å². The third-order valence-electron chi connectivity index (χ3n) is 11.9.